The number of nitrogens with one attached hydrogen (secondary N) is 1. The maximum absolute atomic E-state index is 9.29. The molecule has 0 radical (unpaired) electrons. The quantitative estimate of drug-likeness (QED) is 0.873. The second kappa shape index (κ2) is 5.72. The fourth-order valence-electron chi connectivity index (χ4n) is 1.93. The SMILES string of the molecule is Cc1ccc(Br)cc1C(C)(C)CNC(C)(C)CO. The summed E-state index contributed by atoms with van der Waals surface area (Å²) in [6, 6.07) is 6.39. The van der Waals surface area contributed by atoms with Crippen molar-refractivity contribution in [2.75, 3.05) is 13.2 Å². The van der Waals surface area contributed by atoms with E-state index in [-0.39, 0.29) is 17.6 Å². The van der Waals surface area contributed by atoms with Crippen LogP contribution in [0.4, 0.5) is 0 Å². The van der Waals surface area contributed by atoms with E-state index in [1.807, 2.05) is 13.8 Å². The fraction of sp³-hybridized carbons (Fsp3) is 0.600. The highest BCUT2D eigenvalue weighted by atomic mass is 79.9. The van der Waals surface area contributed by atoms with Gasteiger partial charge in [0.25, 0.3) is 0 Å². The van der Waals surface area contributed by atoms with Crippen molar-refractivity contribution in [2.24, 2.45) is 0 Å². The summed E-state index contributed by atoms with van der Waals surface area (Å²) in [4.78, 5) is 0. The van der Waals surface area contributed by atoms with Gasteiger partial charge in [-0.05, 0) is 44.0 Å². The van der Waals surface area contributed by atoms with E-state index in [0.29, 0.717) is 0 Å². The van der Waals surface area contributed by atoms with Crippen molar-refractivity contribution >= 4 is 15.9 Å². The smallest absolute Gasteiger partial charge is 0.0607 e. The molecule has 0 fully saturated rings. The Kier molecular flexibility index (Phi) is 4.98. The molecule has 0 unspecified atom stereocenters. The van der Waals surface area contributed by atoms with Crippen molar-refractivity contribution in [3.05, 3.63) is 33.8 Å². The Balaban J connectivity index is 2.89. The largest absolute Gasteiger partial charge is 0.394 e. The molecule has 1 aromatic carbocycles. The third-order valence-electron chi connectivity index (χ3n) is 3.33. The van der Waals surface area contributed by atoms with Crippen LogP contribution in [0.15, 0.2) is 22.7 Å². The van der Waals surface area contributed by atoms with E-state index < -0.39 is 0 Å². The lowest BCUT2D eigenvalue weighted by Crippen LogP contribution is -2.48. The van der Waals surface area contributed by atoms with Gasteiger partial charge in [-0.15, -0.1) is 0 Å². The highest BCUT2D eigenvalue weighted by Gasteiger charge is 2.26. The van der Waals surface area contributed by atoms with Gasteiger partial charge in [0.15, 0.2) is 0 Å². The van der Waals surface area contributed by atoms with Crippen molar-refractivity contribution in [2.45, 2.75) is 45.6 Å². The van der Waals surface area contributed by atoms with Crippen LogP contribution in [-0.2, 0) is 5.41 Å². The number of aliphatic hydroxyl groups excluding tert-OH is 1. The van der Waals surface area contributed by atoms with Crippen molar-refractivity contribution < 1.29 is 5.11 Å². The summed E-state index contributed by atoms with van der Waals surface area (Å²) in [5.41, 5.74) is 2.42. The fourth-order valence-corrected chi connectivity index (χ4v) is 2.30. The highest BCUT2D eigenvalue weighted by molar-refractivity contribution is 9.10. The van der Waals surface area contributed by atoms with Crippen molar-refractivity contribution in [1.82, 2.24) is 5.32 Å². The molecule has 0 bridgehead atoms. The molecule has 0 amide bonds. The molecule has 0 aromatic heterocycles. The first kappa shape index (κ1) is 15.7. The zero-order chi connectivity index (χ0) is 14.0. The van der Waals surface area contributed by atoms with E-state index >= 15 is 0 Å². The number of benzene rings is 1. The van der Waals surface area contributed by atoms with Gasteiger partial charge in [-0.25, -0.2) is 0 Å². The second-order valence-electron chi connectivity index (χ2n) is 6.24. The average Bonchev–Trinajstić information content (AvgIpc) is 2.30. The van der Waals surface area contributed by atoms with Gasteiger partial charge in [-0.3, -0.25) is 0 Å². The zero-order valence-electron chi connectivity index (χ0n) is 12.0. The van der Waals surface area contributed by atoms with Gasteiger partial charge in [0, 0.05) is 22.0 Å². The van der Waals surface area contributed by atoms with Crippen LogP contribution in [0, 0.1) is 6.92 Å². The highest BCUT2D eigenvalue weighted by Crippen LogP contribution is 2.28. The first-order chi connectivity index (χ1) is 8.18. The van der Waals surface area contributed by atoms with Crippen molar-refractivity contribution in [3.63, 3.8) is 0 Å². The van der Waals surface area contributed by atoms with E-state index in [9.17, 15) is 5.11 Å². The third-order valence-corrected chi connectivity index (χ3v) is 3.83. The monoisotopic (exact) mass is 313 g/mol. The lowest BCUT2D eigenvalue weighted by Gasteiger charge is -2.33. The minimum Gasteiger partial charge on any atom is -0.394 e. The van der Waals surface area contributed by atoms with Crippen molar-refractivity contribution in [1.29, 1.82) is 0 Å². The standard InChI is InChI=1S/C15H24BrNO/c1-11-6-7-12(16)8-13(11)14(2,3)9-17-15(4,5)10-18/h6-8,17-18H,9-10H2,1-5H3. The van der Waals surface area contributed by atoms with Crippen LogP contribution in [0.3, 0.4) is 0 Å². The predicted molar refractivity (Wildman–Crippen MR) is 81.1 cm³/mol. The summed E-state index contributed by atoms with van der Waals surface area (Å²) in [6.07, 6.45) is 0. The molecule has 0 aliphatic heterocycles. The van der Waals surface area contributed by atoms with Gasteiger partial charge >= 0.3 is 0 Å². The number of hydrogen-bond acceptors (Lipinski definition) is 2. The topological polar surface area (TPSA) is 32.3 Å². The number of aryl methyl sites for hydroxylation is 1. The van der Waals surface area contributed by atoms with Gasteiger partial charge in [0.05, 0.1) is 6.61 Å². The summed E-state index contributed by atoms with van der Waals surface area (Å²) >= 11 is 3.53. The van der Waals surface area contributed by atoms with E-state index in [2.05, 4.69) is 60.2 Å². The van der Waals surface area contributed by atoms with Gasteiger partial charge in [0.1, 0.15) is 0 Å². The van der Waals surface area contributed by atoms with Crippen molar-refractivity contribution in [3.8, 4) is 0 Å². The molecule has 0 saturated heterocycles. The minimum atomic E-state index is -0.239. The minimum absolute atomic E-state index is 0.0281. The van der Waals surface area contributed by atoms with Gasteiger partial charge in [0.2, 0.25) is 0 Å². The molecule has 1 rings (SSSR count). The Morgan fingerprint density at radius 1 is 1.22 bits per heavy atom. The molecule has 0 aliphatic carbocycles. The molecule has 0 atom stereocenters. The molecule has 3 heteroatoms. The summed E-state index contributed by atoms with van der Waals surface area (Å²) in [5, 5.41) is 12.7. The molecule has 0 aliphatic rings. The van der Waals surface area contributed by atoms with Gasteiger partial charge in [-0.1, -0.05) is 35.8 Å². The Labute approximate surface area is 119 Å². The van der Waals surface area contributed by atoms with Gasteiger partial charge in [-0.2, -0.15) is 0 Å². The first-order valence-electron chi connectivity index (χ1n) is 6.30. The molecular formula is C15H24BrNO. The van der Waals surface area contributed by atoms with E-state index in [1.54, 1.807) is 0 Å². The normalized spacial score (nSPS) is 12.8. The van der Waals surface area contributed by atoms with Crippen LogP contribution >= 0.6 is 15.9 Å². The summed E-state index contributed by atoms with van der Waals surface area (Å²) in [7, 11) is 0. The van der Waals surface area contributed by atoms with Crippen LogP contribution in [0.25, 0.3) is 0 Å². The van der Waals surface area contributed by atoms with E-state index in [1.165, 1.54) is 11.1 Å². The molecule has 2 nitrogen and oxygen atoms in total. The molecule has 0 spiro atoms. The third kappa shape index (κ3) is 4.08. The molecule has 102 valence electrons. The summed E-state index contributed by atoms with van der Waals surface area (Å²) in [6.45, 7) is 11.6. The molecule has 2 N–H and O–H groups in total. The second-order valence-corrected chi connectivity index (χ2v) is 7.15. The lowest BCUT2D eigenvalue weighted by molar-refractivity contribution is 0.181. The Hall–Kier alpha value is -0.380. The molecule has 0 heterocycles. The van der Waals surface area contributed by atoms with Crippen LogP contribution in [0.2, 0.25) is 0 Å². The van der Waals surface area contributed by atoms with Crippen LogP contribution in [0.5, 0.6) is 0 Å². The zero-order valence-corrected chi connectivity index (χ0v) is 13.6. The Bertz CT molecular complexity index is 413. The molecule has 18 heavy (non-hydrogen) atoms. The van der Waals surface area contributed by atoms with E-state index in [0.717, 1.165) is 11.0 Å². The lowest BCUT2D eigenvalue weighted by atomic mass is 9.81. The first-order valence-corrected chi connectivity index (χ1v) is 7.10. The summed E-state index contributed by atoms with van der Waals surface area (Å²) in [5.74, 6) is 0. The predicted octanol–water partition coefficient (Wildman–Crippen LogP) is 3.40. The van der Waals surface area contributed by atoms with Gasteiger partial charge < -0.3 is 10.4 Å². The number of rotatable bonds is 5. The molecular weight excluding hydrogens is 290 g/mol. The molecule has 0 saturated carbocycles. The number of halogens is 1. The maximum atomic E-state index is 9.29. The van der Waals surface area contributed by atoms with E-state index in [4.69, 9.17) is 0 Å². The number of aliphatic hydroxyl groups is 1. The van der Waals surface area contributed by atoms with Crippen LogP contribution in [-0.4, -0.2) is 23.8 Å². The molecule has 1 aromatic rings. The van der Waals surface area contributed by atoms with Crippen LogP contribution < -0.4 is 5.32 Å². The average molecular weight is 314 g/mol. The Morgan fingerprint density at radius 2 is 1.83 bits per heavy atom. The van der Waals surface area contributed by atoms with Crippen LogP contribution in [0.1, 0.15) is 38.8 Å². The Morgan fingerprint density at radius 3 is 2.39 bits per heavy atom. The number of hydrogen-bond donors (Lipinski definition) is 2. The summed E-state index contributed by atoms with van der Waals surface area (Å²) < 4.78 is 1.11. The maximum Gasteiger partial charge on any atom is 0.0607 e.